The molecule has 1 aliphatic rings. The topological polar surface area (TPSA) is 82.8 Å². The standard InChI is InChI=1S/C25H35N5O.HI/c1-3-21-10-4-5-11-22(21)16-29-25(27-2)28-15-19-8-6-9-20(14-19)17-30-13-7-12-23(18-30)24(26)31;/h4-6,8-11,14,23H,3,7,12-13,15-18H2,1-2H3,(H2,26,31)(H2,27,28,29);1H. The molecule has 6 nitrogen and oxygen atoms in total. The molecule has 0 spiro atoms. The second-order valence-electron chi connectivity index (χ2n) is 8.20. The zero-order chi connectivity index (χ0) is 22.1. The number of rotatable bonds is 8. The summed E-state index contributed by atoms with van der Waals surface area (Å²) in [5.41, 5.74) is 10.6. The Balaban J connectivity index is 0.00000363. The van der Waals surface area contributed by atoms with E-state index in [2.05, 4.69) is 76.0 Å². The van der Waals surface area contributed by atoms with Crippen molar-refractivity contribution in [2.75, 3.05) is 20.1 Å². The summed E-state index contributed by atoms with van der Waals surface area (Å²) < 4.78 is 0. The Morgan fingerprint density at radius 3 is 2.53 bits per heavy atom. The van der Waals surface area contributed by atoms with Gasteiger partial charge in [-0.2, -0.15) is 0 Å². The molecule has 1 saturated heterocycles. The number of carbonyl (C=O) groups excluding carboxylic acids is 1. The first-order valence-corrected chi connectivity index (χ1v) is 11.2. The molecule has 2 aromatic rings. The molecule has 0 saturated carbocycles. The van der Waals surface area contributed by atoms with Gasteiger partial charge in [-0.15, -0.1) is 24.0 Å². The minimum Gasteiger partial charge on any atom is -0.369 e. The summed E-state index contributed by atoms with van der Waals surface area (Å²) in [6, 6.07) is 17.1. The predicted molar refractivity (Wildman–Crippen MR) is 142 cm³/mol. The van der Waals surface area contributed by atoms with E-state index in [-0.39, 0.29) is 35.8 Å². The fourth-order valence-electron chi connectivity index (χ4n) is 4.19. The van der Waals surface area contributed by atoms with Crippen LogP contribution in [0, 0.1) is 5.92 Å². The number of benzene rings is 2. The van der Waals surface area contributed by atoms with Gasteiger partial charge in [-0.05, 0) is 48.1 Å². The Morgan fingerprint density at radius 2 is 1.81 bits per heavy atom. The van der Waals surface area contributed by atoms with Gasteiger partial charge in [0.05, 0.1) is 5.92 Å². The molecule has 32 heavy (non-hydrogen) atoms. The van der Waals surface area contributed by atoms with E-state index in [1.807, 2.05) is 0 Å². The summed E-state index contributed by atoms with van der Waals surface area (Å²) >= 11 is 0. The molecule has 1 unspecified atom stereocenters. The van der Waals surface area contributed by atoms with Crippen LogP contribution >= 0.6 is 24.0 Å². The molecule has 0 aliphatic carbocycles. The number of carbonyl (C=O) groups is 1. The molecule has 1 atom stereocenters. The maximum atomic E-state index is 11.5. The van der Waals surface area contributed by atoms with Crippen molar-refractivity contribution in [2.45, 2.75) is 45.8 Å². The number of likely N-dealkylation sites (tertiary alicyclic amines) is 1. The van der Waals surface area contributed by atoms with Gasteiger partial charge in [-0.3, -0.25) is 14.7 Å². The summed E-state index contributed by atoms with van der Waals surface area (Å²) in [6.45, 7) is 6.25. The Hall–Kier alpha value is -2.13. The van der Waals surface area contributed by atoms with E-state index in [9.17, 15) is 4.79 Å². The predicted octanol–water partition coefficient (Wildman–Crippen LogP) is 3.43. The highest BCUT2D eigenvalue weighted by Gasteiger charge is 2.23. The van der Waals surface area contributed by atoms with Crippen molar-refractivity contribution in [2.24, 2.45) is 16.6 Å². The van der Waals surface area contributed by atoms with Gasteiger partial charge in [-0.1, -0.05) is 55.5 Å². The minimum absolute atomic E-state index is 0. The Morgan fingerprint density at radius 1 is 1.09 bits per heavy atom. The van der Waals surface area contributed by atoms with E-state index in [1.54, 1.807) is 7.05 Å². The fraction of sp³-hybridized carbons (Fsp3) is 0.440. The molecule has 2 aromatic carbocycles. The second kappa shape index (κ2) is 13.4. The largest absolute Gasteiger partial charge is 0.369 e. The third-order valence-electron chi connectivity index (χ3n) is 5.93. The summed E-state index contributed by atoms with van der Waals surface area (Å²) in [6.07, 6.45) is 2.95. The zero-order valence-corrected chi connectivity index (χ0v) is 21.5. The molecule has 4 N–H and O–H groups in total. The van der Waals surface area contributed by atoms with E-state index < -0.39 is 0 Å². The number of nitrogens with zero attached hydrogens (tertiary/aromatic N) is 2. The molecule has 1 fully saturated rings. The summed E-state index contributed by atoms with van der Waals surface area (Å²) in [7, 11) is 1.79. The number of piperidine rings is 1. The Labute approximate surface area is 209 Å². The SMILES string of the molecule is CCc1ccccc1CNC(=NC)NCc1cccc(CN2CCCC(C(N)=O)C2)c1.I. The van der Waals surface area contributed by atoms with Crippen LogP contribution < -0.4 is 16.4 Å². The third-order valence-corrected chi connectivity index (χ3v) is 5.93. The number of hydrogen-bond acceptors (Lipinski definition) is 3. The lowest BCUT2D eigenvalue weighted by Crippen LogP contribution is -2.40. The lowest BCUT2D eigenvalue weighted by Gasteiger charge is -2.31. The molecule has 1 aliphatic heterocycles. The van der Waals surface area contributed by atoms with E-state index in [0.717, 1.165) is 51.4 Å². The molecule has 0 bridgehead atoms. The molecule has 3 rings (SSSR count). The van der Waals surface area contributed by atoms with E-state index in [1.165, 1.54) is 22.3 Å². The highest BCUT2D eigenvalue weighted by Crippen LogP contribution is 2.18. The van der Waals surface area contributed by atoms with Gasteiger partial charge in [-0.25, -0.2) is 0 Å². The molecule has 1 amide bonds. The maximum Gasteiger partial charge on any atom is 0.221 e. The van der Waals surface area contributed by atoms with Gasteiger partial charge in [0.1, 0.15) is 0 Å². The number of amides is 1. The van der Waals surface area contributed by atoms with E-state index in [0.29, 0.717) is 6.54 Å². The number of primary amides is 1. The van der Waals surface area contributed by atoms with Crippen LogP contribution in [-0.4, -0.2) is 36.9 Å². The third kappa shape index (κ3) is 7.78. The Bertz CT molecular complexity index is 901. The molecule has 174 valence electrons. The highest BCUT2D eigenvalue weighted by atomic mass is 127. The molecular weight excluding hydrogens is 513 g/mol. The number of aryl methyl sites for hydroxylation is 1. The Kier molecular flexibility index (Phi) is 11.0. The van der Waals surface area contributed by atoms with Gasteiger partial charge in [0.2, 0.25) is 5.91 Å². The average Bonchev–Trinajstić information content (AvgIpc) is 2.80. The number of nitrogens with one attached hydrogen (secondary N) is 2. The highest BCUT2D eigenvalue weighted by molar-refractivity contribution is 14.0. The number of nitrogens with two attached hydrogens (primary N) is 1. The number of hydrogen-bond donors (Lipinski definition) is 3. The van der Waals surface area contributed by atoms with Gasteiger partial charge in [0.15, 0.2) is 5.96 Å². The van der Waals surface area contributed by atoms with Crippen LogP contribution in [0.4, 0.5) is 0 Å². The van der Waals surface area contributed by atoms with Gasteiger partial charge in [0.25, 0.3) is 0 Å². The van der Waals surface area contributed by atoms with Crippen LogP contribution in [0.5, 0.6) is 0 Å². The van der Waals surface area contributed by atoms with Crippen LogP contribution in [0.1, 0.15) is 42.0 Å². The van der Waals surface area contributed by atoms with Crippen molar-refractivity contribution >= 4 is 35.8 Å². The molecule has 0 radical (unpaired) electrons. The first-order chi connectivity index (χ1) is 15.1. The monoisotopic (exact) mass is 549 g/mol. The molecule has 1 heterocycles. The number of aliphatic imine (C=N–C) groups is 1. The number of halogens is 1. The molecule has 7 heteroatoms. The summed E-state index contributed by atoms with van der Waals surface area (Å²) in [4.78, 5) is 18.2. The van der Waals surface area contributed by atoms with Crippen LogP contribution in [0.3, 0.4) is 0 Å². The maximum absolute atomic E-state index is 11.5. The first-order valence-electron chi connectivity index (χ1n) is 11.2. The summed E-state index contributed by atoms with van der Waals surface area (Å²) in [5.74, 6) is 0.588. The van der Waals surface area contributed by atoms with Gasteiger partial charge >= 0.3 is 0 Å². The second-order valence-corrected chi connectivity index (χ2v) is 8.20. The van der Waals surface area contributed by atoms with Crippen LogP contribution in [0.2, 0.25) is 0 Å². The van der Waals surface area contributed by atoms with Crippen LogP contribution in [-0.2, 0) is 30.8 Å². The first kappa shape index (κ1) is 26.1. The lowest BCUT2D eigenvalue weighted by atomic mass is 9.97. The number of guanidine groups is 1. The zero-order valence-electron chi connectivity index (χ0n) is 19.1. The van der Waals surface area contributed by atoms with Crippen molar-refractivity contribution in [3.63, 3.8) is 0 Å². The van der Waals surface area contributed by atoms with Crippen molar-refractivity contribution in [1.29, 1.82) is 0 Å². The van der Waals surface area contributed by atoms with Crippen molar-refractivity contribution < 1.29 is 4.79 Å². The molecule has 0 aromatic heterocycles. The lowest BCUT2D eigenvalue weighted by molar-refractivity contribution is -0.123. The van der Waals surface area contributed by atoms with Crippen molar-refractivity contribution in [3.05, 3.63) is 70.8 Å². The van der Waals surface area contributed by atoms with Crippen LogP contribution in [0.25, 0.3) is 0 Å². The minimum atomic E-state index is -0.178. The fourth-order valence-corrected chi connectivity index (χ4v) is 4.19. The van der Waals surface area contributed by atoms with E-state index in [4.69, 9.17) is 5.73 Å². The van der Waals surface area contributed by atoms with Crippen LogP contribution in [0.15, 0.2) is 53.5 Å². The smallest absolute Gasteiger partial charge is 0.221 e. The van der Waals surface area contributed by atoms with Gasteiger partial charge < -0.3 is 16.4 Å². The van der Waals surface area contributed by atoms with Crippen molar-refractivity contribution in [1.82, 2.24) is 15.5 Å². The van der Waals surface area contributed by atoms with Crippen molar-refractivity contribution in [3.8, 4) is 0 Å². The van der Waals surface area contributed by atoms with E-state index >= 15 is 0 Å². The normalized spacial score (nSPS) is 16.8. The van der Waals surface area contributed by atoms with Gasteiger partial charge in [0, 0.05) is 33.2 Å². The summed E-state index contributed by atoms with van der Waals surface area (Å²) in [5, 5.41) is 6.82. The average molecular weight is 550 g/mol. The quantitative estimate of drug-likeness (QED) is 0.268. The molecular formula is C25H36IN5O.